The van der Waals surface area contributed by atoms with Crippen molar-refractivity contribution in [2.75, 3.05) is 11.5 Å². The van der Waals surface area contributed by atoms with Crippen LogP contribution in [0.15, 0.2) is 36.4 Å². The van der Waals surface area contributed by atoms with Gasteiger partial charge in [-0.2, -0.15) is 0 Å². The summed E-state index contributed by atoms with van der Waals surface area (Å²) in [5, 5.41) is 18.6. The molecule has 0 heterocycles. The topological polar surface area (TPSA) is 92.5 Å². The Labute approximate surface area is 104 Å². The molecule has 2 aromatic carbocycles. The van der Waals surface area contributed by atoms with Crippen LogP contribution in [0.1, 0.15) is 11.1 Å². The molecule has 0 atom stereocenters. The predicted molar refractivity (Wildman–Crippen MR) is 71.0 cm³/mol. The highest BCUT2D eigenvalue weighted by Crippen LogP contribution is 2.21. The first-order chi connectivity index (χ1) is 8.56. The lowest BCUT2D eigenvalue weighted by Gasteiger charge is -1.99. The third kappa shape index (κ3) is 2.47. The molecule has 0 spiro atoms. The van der Waals surface area contributed by atoms with Crippen molar-refractivity contribution in [2.24, 2.45) is 0 Å². The molecule has 2 aromatic rings. The Hall–Kier alpha value is -2.80. The van der Waals surface area contributed by atoms with E-state index in [1.807, 2.05) is 0 Å². The van der Waals surface area contributed by atoms with Gasteiger partial charge in [-0.05, 0) is 36.4 Å². The number of nitrogens with two attached hydrogens (primary N) is 2. The summed E-state index contributed by atoms with van der Waals surface area (Å²) in [4.78, 5) is 0. The molecule has 0 amide bonds. The molecule has 0 saturated carbocycles. The predicted octanol–water partition coefficient (Wildman–Crippen LogP) is 1.66. The van der Waals surface area contributed by atoms with Crippen molar-refractivity contribution in [3.8, 4) is 23.3 Å². The highest BCUT2D eigenvalue weighted by molar-refractivity contribution is 5.59. The van der Waals surface area contributed by atoms with E-state index < -0.39 is 0 Å². The molecular weight excluding hydrogens is 228 g/mol. The van der Waals surface area contributed by atoms with Gasteiger partial charge in [0.15, 0.2) is 0 Å². The summed E-state index contributed by atoms with van der Waals surface area (Å²) in [6, 6.07) is 9.50. The van der Waals surface area contributed by atoms with Crippen LogP contribution < -0.4 is 11.5 Å². The largest absolute Gasteiger partial charge is 0.506 e. The van der Waals surface area contributed by atoms with Crippen LogP contribution in [0.2, 0.25) is 0 Å². The normalized spacial score (nSPS) is 9.56. The van der Waals surface area contributed by atoms with Gasteiger partial charge in [0.25, 0.3) is 0 Å². The molecule has 4 heteroatoms. The first kappa shape index (κ1) is 11.7. The number of hydrogen-bond acceptors (Lipinski definition) is 4. The number of nitrogen functional groups attached to an aromatic ring is 2. The zero-order valence-corrected chi connectivity index (χ0v) is 9.51. The maximum Gasteiger partial charge on any atom is 0.138 e. The second-order valence-corrected chi connectivity index (χ2v) is 3.80. The molecule has 0 aliphatic heterocycles. The van der Waals surface area contributed by atoms with Gasteiger partial charge in [-0.15, -0.1) is 0 Å². The van der Waals surface area contributed by atoms with Crippen LogP contribution in [-0.2, 0) is 0 Å². The Bertz CT molecular complexity index is 599. The van der Waals surface area contributed by atoms with Crippen LogP contribution in [0.5, 0.6) is 11.5 Å². The van der Waals surface area contributed by atoms with Crippen molar-refractivity contribution in [3.05, 3.63) is 47.5 Å². The van der Waals surface area contributed by atoms with Crippen molar-refractivity contribution in [1.29, 1.82) is 0 Å². The SMILES string of the molecule is Nc1cc(C#Cc2ccc(O)c(N)c2)ccc1O. The van der Waals surface area contributed by atoms with E-state index in [2.05, 4.69) is 11.8 Å². The maximum atomic E-state index is 9.28. The number of benzene rings is 2. The average molecular weight is 240 g/mol. The first-order valence-electron chi connectivity index (χ1n) is 5.25. The lowest BCUT2D eigenvalue weighted by Crippen LogP contribution is -1.87. The van der Waals surface area contributed by atoms with E-state index in [9.17, 15) is 10.2 Å². The van der Waals surface area contributed by atoms with Gasteiger partial charge in [0.05, 0.1) is 11.4 Å². The van der Waals surface area contributed by atoms with E-state index in [0.29, 0.717) is 11.1 Å². The zero-order chi connectivity index (χ0) is 13.1. The lowest BCUT2D eigenvalue weighted by atomic mass is 10.1. The van der Waals surface area contributed by atoms with Gasteiger partial charge in [-0.1, -0.05) is 11.8 Å². The zero-order valence-electron chi connectivity index (χ0n) is 9.51. The van der Waals surface area contributed by atoms with Crippen LogP contribution in [0, 0.1) is 11.8 Å². The fourth-order valence-corrected chi connectivity index (χ4v) is 1.41. The molecule has 0 fully saturated rings. The standard InChI is InChI=1S/C14H12N2O2/c15-11-7-9(3-5-13(11)17)1-2-10-4-6-14(18)12(16)8-10/h3-8,17-18H,15-16H2. The molecule has 0 aromatic heterocycles. The van der Waals surface area contributed by atoms with Crippen LogP contribution in [-0.4, -0.2) is 10.2 Å². The monoisotopic (exact) mass is 240 g/mol. The molecule has 6 N–H and O–H groups in total. The molecule has 90 valence electrons. The molecule has 2 rings (SSSR count). The summed E-state index contributed by atoms with van der Waals surface area (Å²) in [5.41, 5.74) is 13.1. The minimum Gasteiger partial charge on any atom is -0.506 e. The maximum absolute atomic E-state index is 9.28. The second-order valence-electron chi connectivity index (χ2n) is 3.80. The Morgan fingerprint density at radius 1 is 0.722 bits per heavy atom. The minimum absolute atomic E-state index is 0.0365. The highest BCUT2D eigenvalue weighted by atomic mass is 16.3. The molecule has 0 bridgehead atoms. The molecular formula is C14H12N2O2. The Kier molecular flexibility index (Phi) is 2.98. The number of rotatable bonds is 0. The van der Waals surface area contributed by atoms with Crippen molar-refractivity contribution < 1.29 is 10.2 Å². The summed E-state index contributed by atoms with van der Waals surface area (Å²) in [6.07, 6.45) is 0. The molecule has 0 radical (unpaired) electrons. The Morgan fingerprint density at radius 3 is 1.44 bits per heavy atom. The van der Waals surface area contributed by atoms with E-state index >= 15 is 0 Å². The molecule has 0 aliphatic carbocycles. The third-order valence-electron chi connectivity index (χ3n) is 2.41. The van der Waals surface area contributed by atoms with Gasteiger partial charge < -0.3 is 21.7 Å². The smallest absolute Gasteiger partial charge is 0.138 e. The fourth-order valence-electron chi connectivity index (χ4n) is 1.41. The van der Waals surface area contributed by atoms with E-state index in [0.717, 1.165) is 0 Å². The number of phenolic OH excluding ortho intramolecular Hbond substituents is 2. The van der Waals surface area contributed by atoms with Crippen molar-refractivity contribution in [3.63, 3.8) is 0 Å². The lowest BCUT2D eigenvalue weighted by molar-refractivity contribution is 0.477. The third-order valence-corrected chi connectivity index (χ3v) is 2.41. The average Bonchev–Trinajstić information content (AvgIpc) is 2.35. The van der Waals surface area contributed by atoms with Crippen molar-refractivity contribution in [1.82, 2.24) is 0 Å². The number of aromatic hydroxyl groups is 2. The van der Waals surface area contributed by atoms with Crippen LogP contribution in [0.4, 0.5) is 11.4 Å². The quantitative estimate of drug-likeness (QED) is 0.320. The highest BCUT2D eigenvalue weighted by Gasteiger charge is 1.97. The van der Waals surface area contributed by atoms with Crippen molar-refractivity contribution in [2.45, 2.75) is 0 Å². The van der Waals surface area contributed by atoms with Gasteiger partial charge in [-0.25, -0.2) is 0 Å². The van der Waals surface area contributed by atoms with Gasteiger partial charge in [0.1, 0.15) is 11.5 Å². The molecule has 0 aliphatic rings. The Balaban J connectivity index is 2.30. The van der Waals surface area contributed by atoms with Gasteiger partial charge >= 0.3 is 0 Å². The summed E-state index contributed by atoms with van der Waals surface area (Å²) >= 11 is 0. The summed E-state index contributed by atoms with van der Waals surface area (Å²) < 4.78 is 0. The Morgan fingerprint density at radius 2 is 1.11 bits per heavy atom. The van der Waals surface area contributed by atoms with E-state index in [4.69, 9.17) is 11.5 Å². The number of phenols is 2. The minimum atomic E-state index is 0.0365. The molecule has 18 heavy (non-hydrogen) atoms. The van der Waals surface area contributed by atoms with E-state index in [-0.39, 0.29) is 22.9 Å². The van der Waals surface area contributed by atoms with Crippen LogP contribution in [0.3, 0.4) is 0 Å². The van der Waals surface area contributed by atoms with Crippen LogP contribution in [0.25, 0.3) is 0 Å². The van der Waals surface area contributed by atoms with Gasteiger partial charge in [0, 0.05) is 11.1 Å². The van der Waals surface area contributed by atoms with Crippen molar-refractivity contribution >= 4 is 11.4 Å². The summed E-state index contributed by atoms with van der Waals surface area (Å²) in [6.45, 7) is 0. The second kappa shape index (κ2) is 4.60. The number of anilines is 2. The summed E-state index contributed by atoms with van der Waals surface area (Å²) in [5.74, 6) is 5.87. The fraction of sp³-hybridized carbons (Fsp3) is 0. The van der Waals surface area contributed by atoms with Gasteiger partial charge in [-0.3, -0.25) is 0 Å². The summed E-state index contributed by atoms with van der Waals surface area (Å²) in [7, 11) is 0. The number of hydrogen-bond donors (Lipinski definition) is 4. The molecule has 0 unspecified atom stereocenters. The van der Waals surface area contributed by atoms with Gasteiger partial charge in [0.2, 0.25) is 0 Å². The molecule has 0 saturated heterocycles. The molecule has 4 nitrogen and oxygen atoms in total. The van der Waals surface area contributed by atoms with Crippen LogP contribution >= 0.6 is 0 Å². The first-order valence-corrected chi connectivity index (χ1v) is 5.25. The van der Waals surface area contributed by atoms with E-state index in [1.54, 1.807) is 24.3 Å². The van der Waals surface area contributed by atoms with E-state index in [1.165, 1.54) is 12.1 Å².